The van der Waals surface area contributed by atoms with Crippen LogP contribution in [-0.2, 0) is 0 Å². The highest BCUT2D eigenvalue weighted by molar-refractivity contribution is 5.65. The van der Waals surface area contributed by atoms with Crippen molar-refractivity contribution < 1.29 is 5.11 Å². The van der Waals surface area contributed by atoms with Gasteiger partial charge in [-0.2, -0.15) is 4.98 Å². The number of nitrogens with one attached hydrogen (secondary N) is 2. The minimum absolute atomic E-state index is 0.224. The lowest BCUT2D eigenvalue weighted by molar-refractivity contribution is 0.475. The van der Waals surface area contributed by atoms with Crippen molar-refractivity contribution in [3.8, 4) is 17.1 Å². The third-order valence-electron chi connectivity index (χ3n) is 3.78. The van der Waals surface area contributed by atoms with Crippen LogP contribution in [0.4, 0.5) is 17.5 Å². The van der Waals surface area contributed by atoms with E-state index in [0.717, 1.165) is 23.5 Å². The second kappa shape index (κ2) is 7.61. The van der Waals surface area contributed by atoms with E-state index in [0.29, 0.717) is 11.8 Å². The lowest BCUT2D eigenvalue weighted by Crippen LogP contribution is -2.16. The number of phenolic OH excluding ortho intramolecular Hbond substituents is 1. The maximum absolute atomic E-state index is 9.41. The number of anilines is 3. The van der Waals surface area contributed by atoms with E-state index >= 15 is 0 Å². The van der Waals surface area contributed by atoms with E-state index in [1.807, 2.05) is 24.3 Å². The monoisotopic (exact) mass is 335 g/mol. The molecule has 25 heavy (non-hydrogen) atoms. The summed E-state index contributed by atoms with van der Waals surface area (Å²) in [7, 11) is 0. The molecule has 3 N–H and O–H groups in total. The molecule has 0 bridgehead atoms. The summed E-state index contributed by atoms with van der Waals surface area (Å²) >= 11 is 0. The van der Waals surface area contributed by atoms with Crippen molar-refractivity contribution in [3.63, 3.8) is 0 Å². The van der Waals surface area contributed by atoms with Gasteiger partial charge in [0, 0.05) is 24.0 Å². The zero-order chi connectivity index (χ0) is 17.6. The first-order valence-electron chi connectivity index (χ1n) is 8.27. The van der Waals surface area contributed by atoms with E-state index in [1.54, 1.807) is 30.5 Å². The molecule has 0 radical (unpaired) electrons. The molecule has 0 aliphatic carbocycles. The Kier molecular flexibility index (Phi) is 5.09. The molecule has 6 heteroatoms. The zero-order valence-electron chi connectivity index (χ0n) is 14.3. The first-order chi connectivity index (χ1) is 12.1. The molecule has 6 nitrogen and oxygen atoms in total. The standard InChI is InChI=1S/C19H21N5O/c1-3-13(2)21-19-23-17(16-6-4-5-11-20-16)12-18(24-19)22-14-7-9-15(25)10-8-14/h4-13,25H,3H2,1-2H3,(H2,21,22,23,24)/t13-/m1/s1. The number of aromatic hydroxyl groups is 1. The molecule has 0 spiro atoms. The average molecular weight is 335 g/mol. The van der Waals surface area contributed by atoms with E-state index in [4.69, 9.17) is 0 Å². The van der Waals surface area contributed by atoms with Gasteiger partial charge < -0.3 is 15.7 Å². The van der Waals surface area contributed by atoms with E-state index in [9.17, 15) is 5.11 Å². The number of hydrogen-bond donors (Lipinski definition) is 3. The summed E-state index contributed by atoms with van der Waals surface area (Å²) in [5.74, 6) is 1.44. The van der Waals surface area contributed by atoms with Crippen molar-refractivity contribution in [2.45, 2.75) is 26.3 Å². The van der Waals surface area contributed by atoms with Crippen LogP contribution < -0.4 is 10.6 Å². The molecule has 0 amide bonds. The van der Waals surface area contributed by atoms with Crippen LogP contribution in [0, 0.1) is 0 Å². The molecule has 1 aromatic carbocycles. The number of aromatic nitrogens is 3. The minimum Gasteiger partial charge on any atom is -0.508 e. The molecule has 0 fully saturated rings. The van der Waals surface area contributed by atoms with Crippen molar-refractivity contribution in [2.75, 3.05) is 10.6 Å². The quantitative estimate of drug-likeness (QED) is 0.586. The van der Waals surface area contributed by atoms with Gasteiger partial charge in [-0.05, 0) is 49.7 Å². The Hall–Kier alpha value is -3.15. The number of hydrogen-bond acceptors (Lipinski definition) is 6. The van der Waals surface area contributed by atoms with E-state index in [-0.39, 0.29) is 11.8 Å². The maximum atomic E-state index is 9.41. The fraction of sp³-hybridized carbons (Fsp3) is 0.211. The predicted octanol–water partition coefficient (Wildman–Crippen LogP) is 4.20. The molecule has 0 aliphatic heterocycles. The van der Waals surface area contributed by atoms with Crippen LogP contribution in [0.1, 0.15) is 20.3 Å². The molecular formula is C19H21N5O. The third-order valence-corrected chi connectivity index (χ3v) is 3.78. The SMILES string of the molecule is CC[C@@H](C)Nc1nc(Nc2ccc(O)cc2)cc(-c2ccccn2)n1. The summed E-state index contributed by atoms with van der Waals surface area (Å²) in [5.41, 5.74) is 2.35. The molecule has 128 valence electrons. The van der Waals surface area contributed by atoms with Crippen LogP contribution in [-0.4, -0.2) is 26.1 Å². The Balaban J connectivity index is 1.95. The van der Waals surface area contributed by atoms with Crippen LogP contribution in [0.2, 0.25) is 0 Å². The Labute approximate surface area is 147 Å². The molecule has 0 aliphatic rings. The van der Waals surface area contributed by atoms with Gasteiger partial charge in [0.25, 0.3) is 0 Å². The third kappa shape index (κ3) is 4.44. The van der Waals surface area contributed by atoms with Crippen LogP contribution in [0.15, 0.2) is 54.7 Å². The van der Waals surface area contributed by atoms with Gasteiger partial charge in [0.1, 0.15) is 11.6 Å². The first-order valence-corrected chi connectivity index (χ1v) is 8.27. The molecule has 0 saturated carbocycles. The topological polar surface area (TPSA) is 83.0 Å². The Morgan fingerprint density at radius 2 is 1.84 bits per heavy atom. The van der Waals surface area contributed by atoms with Gasteiger partial charge in [0.15, 0.2) is 0 Å². The number of phenols is 1. The Morgan fingerprint density at radius 1 is 1.04 bits per heavy atom. The molecule has 0 saturated heterocycles. The minimum atomic E-state index is 0.224. The normalized spacial score (nSPS) is 11.8. The van der Waals surface area contributed by atoms with Crippen molar-refractivity contribution in [1.29, 1.82) is 0 Å². The molecular weight excluding hydrogens is 314 g/mol. The number of rotatable bonds is 6. The van der Waals surface area contributed by atoms with E-state index < -0.39 is 0 Å². The zero-order valence-corrected chi connectivity index (χ0v) is 14.3. The molecule has 0 unspecified atom stereocenters. The average Bonchev–Trinajstić information content (AvgIpc) is 2.64. The second-order valence-electron chi connectivity index (χ2n) is 5.80. The van der Waals surface area contributed by atoms with E-state index in [2.05, 4.69) is 39.4 Å². The fourth-order valence-electron chi connectivity index (χ4n) is 2.24. The maximum Gasteiger partial charge on any atom is 0.225 e. The highest BCUT2D eigenvalue weighted by Gasteiger charge is 2.10. The summed E-state index contributed by atoms with van der Waals surface area (Å²) < 4.78 is 0. The van der Waals surface area contributed by atoms with Crippen LogP contribution >= 0.6 is 0 Å². The van der Waals surface area contributed by atoms with Crippen LogP contribution in [0.3, 0.4) is 0 Å². The van der Waals surface area contributed by atoms with Crippen molar-refractivity contribution >= 4 is 17.5 Å². The van der Waals surface area contributed by atoms with E-state index in [1.165, 1.54) is 0 Å². The highest BCUT2D eigenvalue weighted by Crippen LogP contribution is 2.23. The summed E-state index contributed by atoms with van der Waals surface area (Å²) in [6.45, 7) is 4.19. The lowest BCUT2D eigenvalue weighted by Gasteiger charge is -2.14. The predicted molar refractivity (Wildman–Crippen MR) is 100 cm³/mol. The molecule has 2 aromatic heterocycles. The van der Waals surface area contributed by atoms with Crippen molar-refractivity contribution in [1.82, 2.24) is 15.0 Å². The molecule has 3 rings (SSSR count). The number of nitrogens with zero attached hydrogens (tertiary/aromatic N) is 3. The molecule has 1 atom stereocenters. The highest BCUT2D eigenvalue weighted by atomic mass is 16.3. The van der Waals surface area contributed by atoms with Gasteiger partial charge in [-0.15, -0.1) is 0 Å². The first kappa shape index (κ1) is 16.7. The molecule has 3 aromatic rings. The van der Waals surface area contributed by atoms with Crippen molar-refractivity contribution in [3.05, 3.63) is 54.7 Å². The lowest BCUT2D eigenvalue weighted by atomic mass is 10.2. The van der Waals surface area contributed by atoms with Gasteiger partial charge in [0.05, 0.1) is 11.4 Å². The van der Waals surface area contributed by atoms with Crippen molar-refractivity contribution in [2.24, 2.45) is 0 Å². The van der Waals surface area contributed by atoms with Crippen LogP contribution in [0.25, 0.3) is 11.4 Å². The second-order valence-corrected chi connectivity index (χ2v) is 5.80. The van der Waals surface area contributed by atoms with Gasteiger partial charge in [-0.1, -0.05) is 13.0 Å². The summed E-state index contributed by atoms with van der Waals surface area (Å²) in [6.07, 6.45) is 2.71. The summed E-state index contributed by atoms with van der Waals surface area (Å²) in [5, 5.41) is 16.0. The van der Waals surface area contributed by atoms with Gasteiger partial charge >= 0.3 is 0 Å². The van der Waals surface area contributed by atoms with Crippen LogP contribution in [0.5, 0.6) is 5.75 Å². The van der Waals surface area contributed by atoms with Gasteiger partial charge in [-0.25, -0.2) is 4.98 Å². The van der Waals surface area contributed by atoms with Gasteiger partial charge in [-0.3, -0.25) is 4.98 Å². The fourth-order valence-corrected chi connectivity index (χ4v) is 2.24. The molecule has 2 heterocycles. The largest absolute Gasteiger partial charge is 0.508 e. The number of pyridine rings is 1. The summed E-state index contributed by atoms with van der Waals surface area (Å²) in [4.78, 5) is 13.5. The summed E-state index contributed by atoms with van der Waals surface area (Å²) in [6, 6.07) is 14.7. The number of benzene rings is 1. The van der Waals surface area contributed by atoms with Gasteiger partial charge in [0.2, 0.25) is 5.95 Å². The Morgan fingerprint density at radius 3 is 2.52 bits per heavy atom. The Bertz CT molecular complexity index is 821. The smallest absolute Gasteiger partial charge is 0.225 e.